The molecular formula is C68H129NO5. The van der Waals surface area contributed by atoms with Crippen molar-refractivity contribution >= 4 is 11.9 Å². The molecular weight excluding hydrogens is 911 g/mol. The van der Waals surface area contributed by atoms with Crippen molar-refractivity contribution in [2.45, 2.75) is 373 Å². The topological polar surface area (TPSA) is 95.9 Å². The molecule has 74 heavy (non-hydrogen) atoms. The van der Waals surface area contributed by atoms with Crippen LogP contribution in [0.4, 0.5) is 0 Å². The van der Waals surface area contributed by atoms with Gasteiger partial charge in [0.05, 0.1) is 25.4 Å². The molecule has 0 aliphatic heterocycles. The van der Waals surface area contributed by atoms with Crippen LogP contribution < -0.4 is 5.32 Å². The number of unbranched alkanes of at least 4 members (excludes halogenated alkanes) is 47. The van der Waals surface area contributed by atoms with E-state index in [1.807, 2.05) is 6.08 Å². The Morgan fingerprint density at radius 3 is 1.03 bits per heavy atom. The fourth-order valence-corrected chi connectivity index (χ4v) is 10.3. The molecule has 0 aromatic heterocycles. The molecule has 6 heteroatoms. The third-order valence-electron chi connectivity index (χ3n) is 15.4. The zero-order valence-corrected chi connectivity index (χ0v) is 49.8. The molecule has 2 unspecified atom stereocenters. The summed E-state index contributed by atoms with van der Waals surface area (Å²) in [5.41, 5.74) is 0. The van der Waals surface area contributed by atoms with E-state index in [4.69, 9.17) is 4.74 Å². The van der Waals surface area contributed by atoms with E-state index < -0.39 is 12.1 Å². The lowest BCUT2D eigenvalue weighted by Crippen LogP contribution is -2.45. The lowest BCUT2D eigenvalue weighted by atomic mass is 10.0. The van der Waals surface area contributed by atoms with Crippen LogP contribution in [0.15, 0.2) is 36.5 Å². The normalized spacial score (nSPS) is 12.8. The highest BCUT2D eigenvalue weighted by atomic mass is 16.5. The zero-order valence-electron chi connectivity index (χ0n) is 49.8. The molecule has 0 aromatic carbocycles. The summed E-state index contributed by atoms with van der Waals surface area (Å²) in [5, 5.41) is 23.0. The van der Waals surface area contributed by atoms with Crippen molar-refractivity contribution in [3.8, 4) is 0 Å². The van der Waals surface area contributed by atoms with Crippen LogP contribution in [0.25, 0.3) is 0 Å². The first-order valence-corrected chi connectivity index (χ1v) is 33.3. The third kappa shape index (κ3) is 59.3. The number of ether oxygens (including phenoxy) is 1. The van der Waals surface area contributed by atoms with Gasteiger partial charge in [-0.25, -0.2) is 0 Å². The van der Waals surface area contributed by atoms with Crippen LogP contribution in [-0.4, -0.2) is 47.4 Å². The molecule has 0 saturated carbocycles. The Labute approximate surface area is 462 Å². The van der Waals surface area contributed by atoms with E-state index in [2.05, 4.69) is 43.5 Å². The highest BCUT2D eigenvalue weighted by molar-refractivity contribution is 5.76. The Morgan fingerprint density at radius 1 is 0.378 bits per heavy atom. The van der Waals surface area contributed by atoms with Gasteiger partial charge in [-0.15, -0.1) is 0 Å². The van der Waals surface area contributed by atoms with Crippen molar-refractivity contribution in [3.63, 3.8) is 0 Å². The smallest absolute Gasteiger partial charge is 0.305 e. The van der Waals surface area contributed by atoms with Crippen LogP contribution in [0, 0.1) is 0 Å². The number of aliphatic hydroxyl groups excluding tert-OH is 2. The molecule has 0 bridgehead atoms. The number of aliphatic hydroxyl groups is 2. The van der Waals surface area contributed by atoms with Gasteiger partial charge < -0.3 is 20.3 Å². The minimum Gasteiger partial charge on any atom is -0.466 e. The number of allylic oxidation sites excluding steroid dienone is 5. The number of amides is 1. The van der Waals surface area contributed by atoms with Crippen molar-refractivity contribution < 1.29 is 24.5 Å². The number of hydrogen-bond donors (Lipinski definition) is 3. The standard InChI is InChI=1S/C68H129NO5/c1-3-5-7-9-11-13-15-16-17-31-35-38-42-46-50-54-58-62-68(73)74-63-59-55-51-47-43-39-36-33-30-28-26-24-22-20-18-19-21-23-25-27-29-32-34-37-41-45-49-53-57-61-67(72)69-65(64-70)66(71)60-56-52-48-44-40-14-12-10-8-6-4-2/h18,20,24,26,56,60,65-66,70-71H,3-17,19,21-23,25,27-55,57-59,61-64H2,1-2H3,(H,69,72)/b20-18-,26-24-,60-56+. The molecule has 0 fully saturated rings. The second-order valence-electron chi connectivity index (χ2n) is 22.8. The van der Waals surface area contributed by atoms with Gasteiger partial charge >= 0.3 is 5.97 Å². The van der Waals surface area contributed by atoms with Gasteiger partial charge in [0, 0.05) is 12.8 Å². The number of carbonyl (C=O) groups is 2. The van der Waals surface area contributed by atoms with Gasteiger partial charge in [0.1, 0.15) is 0 Å². The minimum absolute atomic E-state index is 0.0158. The maximum atomic E-state index is 12.4. The van der Waals surface area contributed by atoms with Crippen LogP contribution in [0.3, 0.4) is 0 Å². The number of hydrogen-bond acceptors (Lipinski definition) is 5. The summed E-state index contributed by atoms with van der Waals surface area (Å²) in [4.78, 5) is 24.5. The van der Waals surface area contributed by atoms with Gasteiger partial charge in [-0.05, 0) is 64.2 Å². The fraction of sp³-hybridized carbons (Fsp3) is 0.882. The molecule has 3 N–H and O–H groups in total. The molecule has 1 amide bonds. The second kappa shape index (κ2) is 63.6. The van der Waals surface area contributed by atoms with Crippen molar-refractivity contribution in [1.29, 1.82) is 0 Å². The van der Waals surface area contributed by atoms with Crippen LogP contribution in [0.2, 0.25) is 0 Å². The minimum atomic E-state index is -0.844. The van der Waals surface area contributed by atoms with E-state index in [1.165, 1.54) is 289 Å². The zero-order chi connectivity index (χ0) is 53.6. The molecule has 0 saturated heterocycles. The molecule has 0 radical (unpaired) electrons. The molecule has 2 atom stereocenters. The van der Waals surface area contributed by atoms with Gasteiger partial charge in [-0.1, -0.05) is 320 Å². The molecule has 0 spiro atoms. The van der Waals surface area contributed by atoms with Gasteiger partial charge in [-0.2, -0.15) is 0 Å². The first kappa shape index (κ1) is 72.1. The fourth-order valence-electron chi connectivity index (χ4n) is 10.3. The van der Waals surface area contributed by atoms with E-state index in [0.717, 1.165) is 44.9 Å². The van der Waals surface area contributed by atoms with Crippen LogP contribution in [0.5, 0.6) is 0 Å². The van der Waals surface area contributed by atoms with E-state index >= 15 is 0 Å². The lowest BCUT2D eigenvalue weighted by molar-refractivity contribution is -0.143. The van der Waals surface area contributed by atoms with Crippen LogP contribution >= 0.6 is 0 Å². The quantitative estimate of drug-likeness (QED) is 0.0320. The summed E-state index contributed by atoms with van der Waals surface area (Å²) in [6.07, 6.45) is 80.7. The molecule has 0 rings (SSSR count). The SMILES string of the molecule is CCCCCCCCCCC/C=C/C(O)C(CO)NC(=O)CCCCCCCCCCCCCCC/C=C\C/C=C\CCCCCCCCCCCOC(=O)CCCCCCCCCCCCCCCCCCC. The average Bonchev–Trinajstić information content (AvgIpc) is 3.40. The molecule has 436 valence electrons. The van der Waals surface area contributed by atoms with E-state index in [1.54, 1.807) is 6.08 Å². The number of rotatable bonds is 62. The first-order valence-electron chi connectivity index (χ1n) is 33.3. The molecule has 0 aliphatic carbocycles. The van der Waals surface area contributed by atoms with E-state index in [0.29, 0.717) is 19.4 Å². The maximum Gasteiger partial charge on any atom is 0.305 e. The summed E-state index contributed by atoms with van der Waals surface area (Å²) >= 11 is 0. The largest absolute Gasteiger partial charge is 0.466 e. The lowest BCUT2D eigenvalue weighted by Gasteiger charge is -2.20. The Kier molecular flexibility index (Phi) is 62.0. The summed E-state index contributed by atoms with van der Waals surface area (Å²) in [7, 11) is 0. The molecule has 0 aromatic rings. The monoisotopic (exact) mass is 1040 g/mol. The van der Waals surface area contributed by atoms with Crippen LogP contribution in [0.1, 0.15) is 361 Å². The van der Waals surface area contributed by atoms with Gasteiger partial charge in [0.25, 0.3) is 0 Å². The Bertz CT molecular complexity index is 1200. The Balaban J connectivity index is 3.38. The summed E-state index contributed by atoms with van der Waals surface area (Å²) < 4.78 is 5.50. The van der Waals surface area contributed by atoms with Crippen molar-refractivity contribution in [2.24, 2.45) is 0 Å². The predicted molar refractivity (Wildman–Crippen MR) is 324 cm³/mol. The Hall–Kier alpha value is -1.92. The maximum absolute atomic E-state index is 12.4. The Morgan fingerprint density at radius 2 is 0.676 bits per heavy atom. The highest BCUT2D eigenvalue weighted by Crippen LogP contribution is 2.18. The molecule has 0 aliphatic rings. The summed E-state index contributed by atoms with van der Waals surface area (Å²) in [6, 6.07) is -0.627. The van der Waals surface area contributed by atoms with Crippen molar-refractivity contribution in [1.82, 2.24) is 5.32 Å². The molecule has 6 nitrogen and oxygen atoms in total. The number of esters is 1. The summed E-state index contributed by atoms with van der Waals surface area (Å²) in [6.45, 7) is 4.91. The number of carbonyl (C=O) groups excluding carboxylic acids is 2. The van der Waals surface area contributed by atoms with Crippen molar-refractivity contribution in [3.05, 3.63) is 36.5 Å². The van der Waals surface area contributed by atoms with E-state index in [9.17, 15) is 19.8 Å². The second-order valence-corrected chi connectivity index (χ2v) is 22.8. The summed E-state index contributed by atoms with van der Waals surface area (Å²) in [5.74, 6) is -0.0537. The predicted octanol–water partition coefficient (Wildman–Crippen LogP) is 21.1. The van der Waals surface area contributed by atoms with Crippen molar-refractivity contribution in [2.75, 3.05) is 13.2 Å². The van der Waals surface area contributed by atoms with Crippen LogP contribution in [-0.2, 0) is 14.3 Å². The highest BCUT2D eigenvalue weighted by Gasteiger charge is 2.18. The number of nitrogens with one attached hydrogen (secondary N) is 1. The van der Waals surface area contributed by atoms with Gasteiger partial charge in [0.15, 0.2) is 0 Å². The van der Waals surface area contributed by atoms with E-state index in [-0.39, 0.29) is 18.5 Å². The average molecular weight is 1040 g/mol. The first-order chi connectivity index (χ1) is 36.5. The van der Waals surface area contributed by atoms with Gasteiger partial charge in [-0.3, -0.25) is 9.59 Å². The van der Waals surface area contributed by atoms with Gasteiger partial charge in [0.2, 0.25) is 5.91 Å². The third-order valence-corrected chi connectivity index (χ3v) is 15.4. The molecule has 0 heterocycles.